The molecular weight excluding hydrogens is 745 g/mol. The molecule has 3 aromatic carbocycles. The molecule has 1 aliphatic rings. The first-order valence-corrected chi connectivity index (χ1v) is 20.3. The number of aliphatic hydroxyl groups is 1. The Kier molecular flexibility index (Phi) is 14.9. The molecule has 4 aromatic rings. The van der Waals surface area contributed by atoms with Crippen molar-refractivity contribution in [1.29, 1.82) is 0 Å². The number of pyridine rings is 1. The number of amides is 5. The van der Waals surface area contributed by atoms with Crippen LogP contribution in [0.3, 0.4) is 0 Å². The summed E-state index contributed by atoms with van der Waals surface area (Å²) in [6, 6.07) is 29.9. The molecule has 0 radical (unpaired) electrons. The summed E-state index contributed by atoms with van der Waals surface area (Å²) in [5.74, 6) is -1.35. The fourth-order valence-electron chi connectivity index (χ4n) is 7.81. The highest BCUT2D eigenvalue weighted by Crippen LogP contribution is 2.34. The van der Waals surface area contributed by atoms with Gasteiger partial charge in [-0.05, 0) is 58.9 Å². The zero-order valence-electron chi connectivity index (χ0n) is 35.3. The number of hydrogen-bond donors (Lipinski definition) is 5. The molecule has 1 unspecified atom stereocenters. The van der Waals surface area contributed by atoms with E-state index in [1.807, 2.05) is 145 Å². The van der Waals surface area contributed by atoms with E-state index in [1.54, 1.807) is 11.1 Å². The van der Waals surface area contributed by atoms with E-state index in [9.17, 15) is 24.3 Å². The highest BCUT2D eigenvalue weighted by molar-refractivity contribution is 5.87. The number of carbonyl (C=O) groups is 4. The van der Waals surface area contributed by atoms with Crippen LogP contribution in [-0.4, -0.2) is 82.9 Å². The van der Waals surface area contributed by atoms with E-state index in [2.05, 4.69) is 26.3 Å². The van der Waals surface area contributed by atoms with Gasteiger partial charge in [0.2, 0.25) is 11.8 Å². The molecule has 5 N–H and O–H groups in total. The fraction of sp³-hybridized carbons (Fsp3) is 0.426. The quantitative estimate of drug-likeness (QED) is 0.0891. The molecule has 0 bridgehead atoms. The number of rotatable bonds is 16. The van der Waals surface area contributed by atoms with Crippen LogP contribution in [0, 0.1) is 16.7 Å². The summed E-state index contributed by atoms with van der Waals surface area (Å²) in [6.07, 6.45) is 0.620. The number of benzene rings is 3. The van der Waals surface area contributed by atoms with Gasteiger partial charge in [0.25, 0.3) is 0 Å². The number of hydrogen-bond acceptors (Lipinski definition) is 7. The number of ether oxygens (including phenoxy) is 1. The van der Waals surface area contributed by atoms with Crippen molar-refractivity contribution in [2.75, 3.05) is 13.7 Å². The van der Waals surface area contributed by atoms with Crippen molar-refractivity contribution in [1.82, 2.24) is 31.2 Å². The number of methoxy groups -OCH3 is 1. The van der Waals surface area contributed by atoms with E-state index in [0.717, 1.165) is 27.9 Å². The van der Waals surface area contributed by atoms with Gasteiger partial charge < -0.3 is 36.0 Å². The second-order valence-corrected chi connectivity index (χ2v) is 17.6. The number of urea groups is 1. The zero-order chi connectivity index (χ0) is 42.7. The third-order valence-electron chi connectivity index (χ3n) is 10.9. The Labute approximate surface area is 348 Å². The third kappa shape index (κ3) is 12.4. The minimum atomic E-state index is -1.12. The maximum Gasteiger partial charge on any atom is 0.407 e. The van der Waals surface area contributed by atoms with Gasteiger partial charge in [-0.1, -0.05) is 133 Å². The Balaban J connectivity index is 1.44. The number of carbonyl (C=O) groups excluding carboxylic acids is 4. The SMILES string of the molecule is COC(=O)N[C@H](C(=O)N[C@@H](Cc1ccc(-c2ccccn2)cc1)C[C@H](O)[C@H](Cc1ccccc1)NC(=O)[C@H](C1CNC(=O)N1Cc1ccccc1)C(C)(C)C)C(C)(C)C. The van der Waals surface area contributed by atoms with E-state index in [0.29, 0.717) is 25.9 Å². The van der Waals surface area contributed by atoms with Crippen molar-refractivity contribution in [3.05, 3.63) is 126 Å². The molecule has 5 rings (SSSR count). The molecule has 0 aliphatic carbocycles. The molecule has 12 nitrogen and oxygen atoms in total. The van der Waals surface area contributed by atoms with E-state index in [1.165, 1.54) is 7.11 Å². The summed E-state index contributed by atoms with van der Waals surface area (Å²) in [4.78, 5) is 60.5. The number of aliphatic hydroxyl groups excluding tert-OH is 1. The molecule has 1 aliphatic heterocycles. The van der Waals surface area contributed by atoms with Crippen LogP contribution in [0.15, 0.2) is 109 Å². The Morgan fingerprint density at radius 3 is 1.97 bits per heavy atom. The second kappa shape index (κ2) is 19.8. The monoisotopic (exact) mass is 804 g/mol. The Morgan fingerprint density at radius 1 is 0.780 bits per heavy atom. The number of aromatic nitrogens is 1. The van der Waals surface area contributed by atoms with E-state index >= 15 is 0 Å². The summed E-state index contributed by atoms with van der Waals surface area (Å²) in [7, 11) is 1.24. The lowest BCUT2D eigenvalue weighted by atomic mass is 9.75. The Morgan fingerprint density at radius 2 is 1.39 bits per heavy atom. The maximum atomic E-state index is 14.7. The predicted octanol–water partition coefficient (Wildman–Crippen LogP) is 6.28. The van der Waals surface area contributed by atoms with Gasteiger partial charge in [0.1, 0.15) is 6.04 Å². The number of nitrogens with zero attached hydrogens (tertiary/aromatic N) is 2. The summed E-state index contributed by atoms with van der Waals surface area (Å²) >= 11 is 0. The standard InChI is InChI=1S/C47H60N6O6/c1-46(2,3)40(38-29-49-44(57)53(38)30-33-18-12-9-13-19-33)42(55)51-37(27-31-16-10-8-11-17-31)39(54)28-35(50-43(56)41(47(4,5)6)52-45(58)59-7)26-32-21-23-34(24-22-32)36-20-14-15-25-48-36/h8-25,35,37-41,54H,26-30H2,1-7H3,(H,49,57)(H,50,56)(H,51,55)(H,52,58)/t35-,37-,38?,39-,40-,41+/m0/s1. The summed E-state index contributed by atoms with van der Waals surface area (Å²) in [6.45, 7) is 12.1. The Hall–Kier alpha value is -5.75. The van der Waals surface area contributed by atoms with Crippen molar-refractivity contribution >= 4 is 23.9 Å². The average Bonchev–Trinajstić information content (AvgIpc) is 3.54. The van der Waals surface area contributed by atoms with Crippen molar-refractivity contribution in [3.8, 4) is 11.3 Å². The molecule has 314 valence electrons. The molecule has 0 spiro atoms. The van der Waals surface area contributed by atoms with Crippen LogP contribution in [0.4, 0.5) is 9.59 Å². The van der Waals surface area contributed by atoms with Gasteiger partial charge in [-0.2, -0.15) is 0 Å². The van der Waals surface area contributed by atoms with E-state index < -0.39 is 59.0 Å². The smallest absolute Gasteiger partial charge is 0.407 e. The molecule has 1 fully saturated rings. The number of nitrogens with one attached hydrogen (secondary N) is 4. The van der Waals surface area contributed by atoms with Gasteiger partial charge in [0, 0.05) is 30.9 Å². The topological polar surface area (TPSA) is 162 Å². The van der Waals surface area contributed by atoms with E-state index in [4.69, 9.17) is 4.74 Å². The van der Waals surface area contributed by atoms with Crippen LogP contribution >= 0.6 is 0 Å². The molecule has 1 saturated heterocycles. The van der Waals surface area contributed by atoms with Gasteiger partial charge in [0.05, 0.1) is 36.9 Å². The summed E-state index contributed by atoms with van der Waals surface area (Å²) < 4.78 is 4.85. The molecule has 2 heterocycles. The third-order valence-corrected chi connectivity index (χ3v) is 10.9. The maximum absolute atomic E-state index is 14.7. The van der Waals surface area contributed by atoms with Crippen LogP contribution in [0.25, 0.3) is 11.3 Å². The van der Waals surface area contributed by atoms with Crippen molar-refractivity contribution < 1.29 is 29.0 Å². The minimum absolute atomic E-state index is 0.0738. The zero-order valence-corrected chi connectivity index (χ0v) is 35.3. The highest BCUT2D eigenvalue weighted by atomic mass is 16.5. The van der Waals surface area contributed by atoms with Gasteiger partial charge >= 0.3 is 12.1 Å². The van der Waals surface area contributed by atoms with Crippen LogP contribution in [0.5, 0.6) is 0 Å². The fourth-order valence-corrected chi connectivity index (χ4v) is 7.81. The first kappa shape index (κ1) is 44.4. The minimum Gasteiger partial charge on any atom is -0.453 e. The first-order chi connectivity index (χ1) is 28.0. The number of alkyl carbamates (subject to hydrolysis) is 1. The lowest BCUT2D eigenvalue weighted by Gasteiger charge is -2.39. The van der Waals surface area contributed by atoms with Crippen LogP contribution in [-0.2, 0) is 33.7 Å². The van der Waals surface area contributed by atoms with Crippen molar-refractivity contribution in [3.63, 3.8) is 0 Å². The summed E-state index contributed by atoms with van der Waals surface area (Å²) in [5, 5.41) is 24.2. The highest BCUT2D eigenvalue weighted by Gasteiger charge is 2.46. The molecule has 6 atom stereocenters. The second-order valence-electron chi connectivity index (χ2n) is 17.6. The molecule has 59 heavy (non-hydrogen) atoms. The van der Waals surface area contributed by atoms with Crippen LogP contribution < -0.4 is 21.3 Å². The first-order valence-electron chi connectivity index (χ1n) is 20.3. The van der Waals surface area contributed by atoms with Gasteiger partial charge in [-0.15, -0.1) is 0 Å². The normalized spacial score (nSPS) is 16.8. The lowest BCUT2D eigenvalue weighted by molar-refractivity contribution is -0.132. The largest absolute Gasteiger partial charge is 0.453 e. The van der Waals surface area contributed by atoms with Crippen molar-refractivity contribution in [2.45, 2.75) is 97.6 Å². The Bertz CT molecular complexity index is 1980. The van der Waals surface area contributed by atoms with Gasteiger partial charge in [-0.25, -0.2) is 9.59 Å². The van der Waals surface area contributed by atoms with Gasteiger partial charge in [0.15, 0.2) is 0 Å². The molecule has 5 amide bonds. The molecular formula is C47H60N6O6. The van der Waals surface area contributed by atoms with Crippen molar-refractivity contribution in [2.24, 2.45) is 16.7 Å². The van der Waals surface area contributed by atoms with Crippen LogP contribution in [0.1, 0.15) is 64.7 Å². The van der Waals surface area contributed by atoms with Crippen LogP contribution in [0.2, 0.25) is 0 Å². The molecule has 12 heteroatoms. The lowest BCUT2D eigenvalue weighted by Crippen LogP contribution is -2.57. The molecule has 1 aromatic heterocycles. The molecule has 0 saturated carbocycles. The van der Waals surface area contributed by atoms with Gasteiger partial charge in [-0.3, -0.25) is 14.6 Å². The average molecular weight is 805 g/mol. The van der Waals surface area contributed by atoms with E-state index in [-0.39, 0.29) is 18.4 Å². The summed E-state index contributed by atoms with van der Waals surface area (Å²) in [5.41, 5.74) is 3.29. The predicted molar refractivity (Wildman–Crippen MR) is 229 cm³/mol.